The Bertz CT molecular complexity index is 1740. The molecule has 0 amide bonds. The van der Waals surface area contributed by atoms with Gasteiger partial charge in [-0.25, -0.2) is 9.78 Å². The third-order valence-corrected chi connectivity index (χ3v) is 5.85. The number of hydrogen-bond acceptors (Lipinski definition) is 7. The van der Waals surface area contributed by atoms with Gasteiger partial charge in [0.1, 0.15) is 5.58 Å². The molecule has 0 aliphatic heterocycles. The number of aromatic nitrogens is 2. The minimum absolute atomic E-state index is 0.217. The zero-order chi connectivity index (χ0) is 26.1. The Morgan fingerprint density at radius 1 is 1.14 bits per heavy atom. The number of carboxylic acid groups (broad SMARTS) is 1. The van der Waals surface area contributed by atoms with Crippen molar-refractivity contribution < 1.29 is 23.8 Å². The molecule has 0 aliphatic rings. The van der Waals surface area contributed by atoms with Crippen molar-refractivity contribution in [2.75, 3.05) is 7.11 Å². The Balaban J connectivity index is 1.60. The van der Waals surface area contributed by atoms with Gasteiger partial charge in [0.15, 0.2) is 23.4 Å². The standard InChI is InChI=1S/C27H20ClN3O6/c1-15(27(33)34)36-22-9-7-16(11-23(22)35-2)14-29-31-25(30-20-6-4-3-5-19(20)26(31)32)24-13-17-12-18(28)8-10-21(17)37-24/h3-15H,1-2H3,(H,33,34)/t15-/m0/s1. The van der Waals surface area contributed by atoms with Crippen molar-refractivity contribution in [3.05, 3.63) is 87.7 Å². The molecule has 10 heteroatoms. The monoisotopic (exact) mass is 517 g/mol. The minimum atomic E-state index is -1.10. The van der Waals surface area contributed by atoms with Gasteiger partial charge in [0.2, 0.25) is 5.82 Å². The van der Waals surface area contributed by atoms with Crippen LogP contribution in [-0.4, -0.2) is 40.2 Å². The molecule has 0 fully saturated rings. The summed E-state index contributed by atoms with van der Waals surface area (Å²) in [5, 5.41) is 15.2. The molecular weight excluding hydrogens is 498 g/mol. The van der Waals surface area contributed by atoms with Crippen molar-refractivity contribution >= 4 is 45.7 Å². The van der Waals surface area contributed by atoms with Gasteiger partial charge >= 0.3 is 5.97 Å². The third kappa shape index (κ3) is 4.76. The summed E-state index contributed by atoms with van der Waals surface area (Å²) in [7, 11) is 1.44. The van der Waals surface area contributed by atoms with E-state index in [0.717, 1.165) is 5.39 Å². The van der Waals surface area contributed by atoms with Crippen LogP contribution in [-0.2, 0) is 4.79 Å². The number of para-hydroxylation sites is 1. The molecule has 2 heterocycles. The highest BCUT2D eigenvalue weighted by atomic mass is 35.5. The Hall–Kier alpha value is -4.63. The van der Waals surface area contributed by atoms with Crippen molar-refractivity contribution in [1.29, 1.82) is 0 Å². The quantitative estimate of drug-likeness (QED) is 0.295. The molecule has 1 N–H and O–H groups in total. The second-order valence-electron chi connectivity index (χ2n) is 8.12. The highest BCUT2D eigenvalue weighted by Crippen LogP contribution is 2.30. The average molecular weight is 518 g/mol. The van der Waals surface area contributed by atoms with E-state index in [-0.39, 0.29) is 17.1 Å². The lowest BCUT2D eigenvalue weighted by atomic mass is 10.2. The first kappa shape index (κ1) is 24.1. The van der Waals surface area contributed by atoms with Gasteiger partial charge in [-0.15, -0.1) is 0 Å². The zero-order valence-electron chi connectivity index (χ0n) is 19.7. The summed E-state index contributed by atoms with van der Waals surface area (Å²) in [6.45, 7) is 1.42. The Kier molecular flexibility index (Phi) is 6.37. The molecule has 186 valence electrons. The molecule has 2 aromatic heterocycles. The lowest BCUT2D eigenvalue weighted by molar-refractivity contribution is -0.144. The fourth-order valence-electron chi connectivity index (χ4n) is 3.74. The molecule has 1 atom stereocenters. The van der Waals surface area contributed by atoms with Crippen molar-refractivity contribution in [2.24, 2.45) is 5.10 Å². The molecule has 5 rings (SSSR count). The fraction of sp³-hybridized carbons (Fsp3) is 0.111. The van der Waals surface area contributed by atoms with Crippen LogP contribution in [0.1, 0.15) is 12.5 Å². The largest absolute Gasteiger partial charge is 0.493 e. The maximum absolute atomic E-state index is 13.4. The van der Waals surface area contributed by atoms with E-state index >= 15 is 0 Å². The van der Waals surface area contributed by atoms with Crippen LogP contribution in [0, 0.1) is 0 Å². The van der Waals surface area contributed by atoms with Gasteiger partial charge in [0, 0.05) is 10.4 Å². The predicted octanol–water partition coefficient (Wildman–Crippen LogP) is 5.21. The number of ether oxygens (including phenoxy) is 2. The summed E-state index contributed by atoms with van der Waals surface area (Å²) in [6, 6.07) is 18.8. The van der Waals surface area contributed by atoms with Crippen LogP contribution in [0.2, 0.25) is 5.02 Å². The van der Waals surface area contributed by atoms with E-state index in [9.17, 15) is 9.59 Å². The van der Waals surface area contributed by atoms with Crippen molar-refractivity contribution in [3.63, 3.8) is 0 Å². The highest BCUT2D eigenvalue weighted by molar-refractivity contribution is 6.31. The van der Waals surface area contributed by atoms with Crippen LogP contribution in [0.25, 0.3) is 33.5 Å². The number of methoxy groups -OCH3 is 1. The number of carbonyl (C=O) groups is 1. The summed E-state index contributed by atoms with van der Waals surface area (Å²) in [5.74, 6) is 0.0446. The van der Waals surface area contributed by atoms with E-state index in [1.54, 1.807) is 66.7 Å². The molecule has 0 saturated heterocycles. The van der Waals surface area contributed by atoms with Gasteiger partial charge in [-0.1, -0.05) is 23.7 Å². The SMILES string of the molecule is COc1cc(C=Nn2c(-c3cc4cc(Cl)ccc4o3)nc3ccccc3c2=O)ccc1O[C@@H](C)C(=O)O. The number of aliphatic carboxylic acids is 1. The van der Waals surface area contributed by atoms with E-state index in [1.165, 1.54) is 24.9 Å². The van der Waals surface area contributed by atoms with Gasteiger partial charge in [0.05, 0.1) is 24.2 Å². The lowest BCUT2D eigenvalue weighted by Gasteiger charge is -2.14. The number of benzene rings is 3. The number of halogens is 1. The highest BCUT2D eigenvalue weighted by Gasteiger charge is 2.18. The first-order valence-corrected chi connectivity index (χ1v) is 11.5. The van der Waals surface area contributed by atoms with Gasteiger partial charge < -0.3 is 19.0 Å². The van der Waals surface area contributed by atoms with E-state index < -0.39 is 12.1 Å². The summed E-state index contributed by atoms with van der Waals surface area (Å²) in [5.41, 5.74) is 1.29. The topological polar surface area (TPSA) is 116 Å². The van der Waals surface area contributed by atoms with E-state index in [2.05, 4.69) is 10.1 Å². The number of nitrogens with zero attached hydrogens (tertiary/aromatic N) is 3. The van der Waals surface area contributed by atoms with Gasteiger partial charge in [-0.2, -0.15) is 9.78 Å². The number of hydrogen-bond donors (Lipinski definition) is 1. The first-order chi connectivity index (χ1) is 17.8. The van der Waals surface area contributed by atoms with Crippen molar-refractivity contribution in [2.45, 2.75) is 13.0 Å². The average Bonchev–Trinajstić information content (AvgIpc) is 3.31. The molecule has 9 nitrogen and oxygen atoms in total. The van der Waals surface area contributed by atoms with Crippen molar-refractivity contribution in [3.8, 4) is 23.1 Å². The molecule has 0 radical (unpaired) electrons. The van der Waals surface area contributed by atoms with Crippen LogP contribution in [0.3, 0.4) is 0 Å². The van der Waals surface area contributed by atoms with E-state index in [1.807, 2.05) is 0 Å². The predicted molar refractivity (Wildman–Crippen MR) is 140 cm³/mol. The Labute approximate surface area is 215 Å². The molecule has 3 aromatic carbocycles. The smallest absolute Gasteiger partial charge is 0.344 e. The zero-order valence-corrected chi connectivity index (χ0v) is 20.5. The molecule has 0 unspecified atom stereocenters. The van der Waals surface area contributed by atoms with Gasteiger partial charge in [0.25, 0.3) is 5.56 Å². The molecule has 0 aliphatic carbocycles. The maximum Gasteiger partial charge on any atom is 0.344 e. The fourth-order valence-corrected chi connectivity index (χ4v) is 3.92. The second-order valence-corrected chi connectivity index (χ2v) is 8.55. The Morgan fingerprint density at radius 2 is 1.95 bits per heavy atom. The molecular formula is C27H20ClN3O6. The number of furan rings is 1. The van der Waals surface area contributed by atoms with Gasteiger partial charge in [-0.3, -0.25) is 4.79 Å². The molecule has 37 heavy (non-hydrogen) atoms. The molecule has 0 saturated carbocycles. The maximum atomic E-state index is 13.4. The number of rotatable bonds is 7. The number of fused-ring (bicyclic) bond motifs is 2. The van der Waals surface area contributed by atoms with Crippen LogP contribution >= 0.6 is 11.6 Å². The number of carboxylic acids is 1. The Morgan fingerprint density at radius 3 is 2.73 bits per heavy atom. The minimum Gasteiger partial charge on any atom is -0.493 e. The molecule has 5 aromatic rings. The third-order valence-electron chi connectivity index (χ3n) is 5.61. The summed E-state index contributed by atoms with van der Waals surface area (Å²) in [6.07, 6.45) is 0.408. The van der Waals surface area contributed by atoms with Crippen LogP contribution < -0.4 is 15.0 Å². The van der Waals surface area contributed by atoms with Crippen molar-refractivity contribution in [1.82, 2.24) is 9.66 Å². The summed E-state index contributed by atoms with van der Waals surface area (Å²) >= 11 is 6.12. The van der Waals surface area contributed by atoms with Crippen LogP contribution in [0.4, 0.5) is 0 Å². The normalized spacial score (nSPS) is 12.3. The summed E-state index contributed by atoms with van der Waals surface area (Å²) < 4.78 is 17.9. The second kappa shape index (κ2) is 9.79. The summed E-state index contributed by atoms with van der Waals surface area (Å²) in [4.78, 5) is 29.2. The molecule has 0 spiro atoms. The van der Waals surface area contributed by atoms with Gasteiger partial charge in [-0.05, 0) is 67.1 Å². The van der Waals surface area contributed by atoms with E-state index in [0.29, 0.717) is 38.6 Å². The van der Waals surface area contributed by atoms with E-state index in [4.69, 9.17) is 30.6 Å². The van der Waals surface area contributed by atoms with Crippen LogP contribution in [0.5, 0.6) is 11.5 Å². The molecule has 0 bridgehead atoms. The lowest BCUT2D eigenvalue weighted by Crippen LogP contribution is -2.23. The first-order valence-electron chi connectivity index (χ1n) is 11.2. The van der Waals surface area contributed by atoms with Crippen LogP contribution in [0.15, 0.2) is 81.0 Å².